The van der Waals surface area contributed by atoms with Crippen LogP contribution in [-0.4, -0.2) is 97.5 Å². The molecule has 4 rings (SSSR count). The summed E-state index contributed by atoms with van der Waals surface area (Å²) in [6, 6.07) is 7.60. The summed E-state index contributed by atoms with van der Waals surface area (Å²) in [5.74, 6) is 1.00. The van der Waals surface area contributed by atoms with Gasteiger partial charge in [-0.1, -0.05) is 12.1 Å². The molecular formula is C21H29N3O4S2. The zero-order valence-electron chi connectivity index (χ0n) is 17.2. The number of likely N-dealkylation sites (tertiary alicyclic amines) is 1. The van der Waals surface area contributed by atoms with E-state index < -0.39 is 9.84 Å². The molecular weight excluding hydrogens is 422 g/mol. The van der Waals surface area contributed by atoms with Crippen LogP contribution in [0.4, 0.5) is 0 Å². The first-order chi connectivity index (χ1) is 14.4. The van der Waals surface area contributed by atoms with E-state index in [2.05, 4.69) is 4.90 Å². The normalized spacial score (nSPS) is 24.3. The Morgan fingerprint density at radius 2 is 1.67 bits per heavy atom. The van der Waals surface area contributed by atoms with Gasteiger partial charge in [-0.2, -0.15) is 0 Å². The third-order valence-electron chi connectivity index (χ3n) is 6.25. The van der Waals surface area contributed by atoms with Crippen molar-refractivity contribution in [3.63, 3.8) is 0 Å². The zero-order valence-corrected chi connectivity index (χ0v) is 18.8. The van der Waals surface area contributed by atoms with Crippen molar-refractivity contribution in [3.8, 4) is 0 Å². The van der Waals surface area contributed by atoms with E-state index in [1.165, 1.54) is 11.8 Å². The summed E-state index contributed by atoms with van der Waals surface area (Å²) in [6.07, 6.45) is 2.84. The second-order valence-electron chi connectivity index (χ2n) is 8.26. The van der Waals surface area contributed by atoms with Crippen LogP contribution in [0.25, 0.3) is 0 Å². The van der Waals surface area contributed by atoms with Crippen molar-refractivity contribution < 1.29 is 18.0 Å². The Hall–Kier alpha value is -1.58. The molecule has 164 valence electrons. The number of amides is 2. The lowest BCUT2D eigenvalue weighted by Crippen LogP contribution is -2.52. The van der Waals surface area contributed by atoms with E-state index in [9.17, 15) is 18.0 Å². The minimum absolute atomic E-state index is 0.00888. The molecule has 30 heavy (non-hydrogen) atoms. The number of carbonyl (C=O) groups excluding carboxylic acids is 2. The van der Waals surface area contributed by atoms with Crippen LogP contribution in [0.15, 0.2) is 29.2 Å². The first kappa shape index (κ1) is 21.6. The zero-order chi connectivity index (χ0) is 21.1. The van der Waals surface area contributed by atoms with Gasteiger partial charge in [0.2, 0.25) is 5.91 Å². The van der Waals surface area contributed by atoms with Gasteiger partial charge in [-0.3, -0.25) is 14.5 Å². The second kappa shape index (κ2) is 9.28. The topological polar surface area (TPSA) is 78.0 Å². The second-order valence-corrected chi connectivity index (χ2v) is 11.5. The number of hydrogen-bond donors (Lipinski definition) is 0. The van der Waals surface area contributed by atoms with Crippen molar-refractivity contribution >= 4 is 33.4 Å². The van der Waals surface area contributed by atoms with Gasteiger partial charge >= 0.3 is 0 Å². The molecule has 0 aliphatic carbocycles. The number of rotatable bonds is 5. The summed E-state index contributed by atoms with van der Waals surface area (Å²) in [5, 5.41) is 0. The van der Waals surface area contributed by atoms with E-state index >= 15 is 0 Å². The van der Waals surface area contributed by atoms with Gasteiger partial charge in [0.05, 0.1) is 22.8 Å². The number of carbonyl (C=O) groups is 2. The highest BCUT2D eigenvalue weighted by atomic mass is 32.2. The number of sulfone groups is 1. The molecule has 9 heteroatoms. The van der Waals surface area contributed by atoms with E-state index in [1.807, 2.05) is 34.1 Å². The maximum Gasteiger partial charge on any atom is 0.255 e. The minimum Gasteiger partial charge on any atom is -0.342 e. The predicted octanol–water partition coefficient (Wildman–Crippen LogP) is 1.35. The lowest BCUT2D eigenvalue weighted by molar-refractivity contribution is -0.127. The van der Waals surface area contributed by atoms with Gasteiger partial charge < -0.3 is 9.80 Å². The van der Waals surface area contributed by atoms with Crippen molar-refractivity contribution in [2.45, 2.75) is 30.2 Å². The molecule has 3 aliphatic rings. The molecule has 7 nitrogen and oxygen atoms in total. The molecule has 1 aromatic carbocycles. The lowest BCUT2D eigenvalue weighted by atomic mass is 10.1. The molecule has 1 aromatic rings. The van der Waals surface area contributed by atoms with Crippen LogP contribution in [0, 0.1) is 0 Å². The van der Waals surface area contributed by atoms with Gasteiger partial charge in [-0.05, 0) is 31.4 Å². The van der Waals surface area contributed by atoms with Gasteiger partial charge in [-0.25, -0.2) is 8.42 Å². The van der Waals surface area contributed by atoms with Crippen LogP contribution in [-0.2, 0) is 14.6 Å². The fourth-order valence-corrected chi connectivity index (χ4v) is 7.20. The Kier molecular flexibility index (Phi) is 6.69. The molecule has 0 spiro atoms. The van der Waals surface area contributed by atoms with Crippen LogP contribution in [0.3, 0.4) is 0 Å². The number of benzene rings is 1. The van der Waals surface area contributed by atoms with Gasteiger partial charge in [0, 0.05) is 50.2 Å². The molecule has 3 saturated heterocycles. The van der Waals surface area contributed by atoms with Crippen molar-refractivity contribution in [3.05, 3.63) is 29.8 Å². The fraction of sp³-hybridized carbons (Fsp3) is 0.619. The maximum absolute atomic E-state index is 13.2. The molecule has 1 atom stereocenters. The van der Waals surface area contributed by atoms with E-state index in [0.29, 0.717) is 43.9 Å². The average molecular weight is 452 g/mol. The van der Waals surface area contributed by atoms with Crippen LogP contribution in [0.2, 0.25) is 0 Å². The summed E-state index contributed by atoms with van der Waals surface area (Å²) in [4.78, 5) is 32.3. The Labute approximate surface area is 182 Å². The molecule has 0 saturated carbocycles. The number of hydrogen-bond acceptors (Lipinski definition) is 6. The SMILES string of the molecule is O=C(CSc1ccccc1C(=O)N1CCN([C@@H]2CCS(=O)(=O)C2)CC1)N1CCCC1. The Balaban J connectivity index is 1.34. The largest absolute Gasteiger partial charge is 0.342 e. The van der Waals surface area contributed by atoms with E-state index in [0.717, 1.165) is 30.8 Å². The van der Waals surface area contributed by atoms with Gasteiger partial charge in [0.25, 0.3) is 5.91 Å². The molecule has 3 heterocycles. The number of piperazine rings is 1. The maximum atomic E-state index is 13.2. The molecule has 0 unspecified atom stereocenters. The highest BCUT2D eigenvalue weighted by Crippen LogP contribution is 2.26. The quantitative estimate of drug-likeness (QED) is 0.629. The molecule has 0 N–H and O–H groups in total. The van der Waals surface area contributed by atoms with Crippen molar-refractivity contribution in [1.29, 1.82) is 0 Å². The molecule has 3 aliphatic heterocycles. The third-order valence-corrected chi connectivity index (χ3v) is 9.06. The van der Waals surface area contributed by atoms with Gasteiger partial charge in [-0.15, -0.1) is 11.8 Å². The van der Waals surface area contributed by atoms with Gasteiger partial charge in [0.15, 0.2) is 9.84 Å². The third kappa shape index (κ3) is 5.00. The Morgan fingerprint density at radius 1 is 0.967 bits per heavy atom. The predicted molar refractivity (Wildman–Crippen MR) is 118 cm³/mol. The van der Waals surface area contributed by atoms with Crippen LogP contribution >= 0.6 is 11.8 Å². The smallest absolute Gasteiger partial charge is 0.255 e. The Morgan fingerprint density at radius 3 is 2.33 bits per heavy atom. The van der Waals surface area contributed by atoms with E-state index in [4.69, 9.17) is 0 Å². The first-order valence-corrected chi connectivity index (χ1v) is 13.5. The minimum atomic E-state index is -2.90. The highest BCUT2D eigenvalue weighted by molar-refractivity contribution is 8.00. The standard InChI is InChI=1S/C21H29N3O4S2/c25-20(23-8-3-4-9-23)15-29-19-6-2-1-5-18(19)21(26)24-12-10-22(11-13-24)17-7-14-30(27,28)16-17/h1-2,5-6,17H,3-4,7-16H2/t17-/m1/s1. The molecule has 2 amide bonds. The van der Waals surface area contributed by atoms with E-state index in [-0.39, 0.29) is 29.4 Å². The molecule has 0 aromatic heterocycles. The van der Waals surface area contributed by atoms with Crippen LogP contribution < -0.4 is 0 Å². The summed E-state index contributed by atoms with van der Waals surface area (Å²) in [6.45, 7) is 4.28. The summed E-state index contributed by atoms with van der Waals surface area (Å²) in [5.41, 5.74) is 0.647. The van der Waals surface area contributed by atoms with Gasteiger partial charge in [0.1, 0.15) is 0 Å². The van der Waals surface area contributed by atoms with Crippen molar-refractivity contribution in [2.24, 2.45) is 0 Å². The fourth-order valence-electron chi connectivity index (χ4n) is 4.49. The van der Waals surface area contributed by atoms with Crippen molar-refractivity contribution in [1.82, 2.24) is 14.7 Å². The molecule has 3 fully saturated rings. The number of thioether (sulfide) groups is 1. The number of nitrogens with zero attached hydrogens (tertiary/aromatic N) is 3. The molecule has 0 radical (unpaired) electrons. The summed E-state index contributed by atoms with van der Waals surface area (Å²) < 4.78 is 23.5. The molecule has 0 bridgehead atoms. The van der Waals surface area contributed by atoms with Crippen LogP contribution in [0.1, 0.15) is 29.6 Å². The van der Waals surface area contributed by atoms with Crippen LogP contribution in [0.5, 0.6) is 0 Å². The van der Waals surface area contributed by atoms with E-state index in [1.54, 1.807) is 0 Å². The summed E-state index contributed by atoms with van der Waals surface area (Å²) >= 11 is 1.44. The highest BCUT2D eigenvalue weighted by Gasteiger charge is 2.34. The van der Waals surface area contributed by atoms with Crippen molar-refractivity contribution in [2.75, 3.05) is 56.5 Å². The first-order valence-electron chi connectivity index (χ1n) is 10.7. The monoisotopic (exact) mass is 451 g/mol. The Bertz CT molecular complexity index is 891. The average Bonchev–Trinajstić information content (AvgIpc) is 3.41. The summed E-state index contributed by atoms with van der Waals surface area (Å²) in [7, 11) is -2.90. The lowest BCUT2D eigenvalue weighted by Gasteiger charge is -2.37.